The number of rotatable bonds is 6. The lowest BCUT2D eigenvalue weighted by atomic mass is 9.46. The van der Waals surface area contributed by atoms with Gasteiger partial charge in [0, 0.05) is 12.0 Å². The van der Waals surface area contributed by atoms with E-state index in [9.17, 15) is 20.1 Å². The number of carbonyl (C=O) groups excluding carboxylic acids is 1. The van der Waals surface area contributed by atoms with Crippen LogP contribution in [0.1, 0.15) is 70.8 Å². The smallest absolute Gasteiger partial charge is 0.260 e. The third-order valence-electron chi connectivity index (χ3n) is 10.5. The Bertz CT molecular complexity index is 1200. The van der Waals surface area contributed by atoms with Gasteiger partial charge in [-0.05, 0) is 105 Å². The van der Waals surface area contributed by atoms with E-state index in [1.165, 1.54) is 17.7 Å². The van der Waals surface area contributed by atoms with Gasteiger partial charge >= 0.3 is 0 Å². The zero-order valence-electron chi connectivity index (χ0n) is 22.5. The molecule has 0 bridgehead atoms. The number of benzene rings is 1. The number of amides is 1. The van der Waals surface area contributed by atoms with Crippen molar-refractivity contribution in [3.8, 4) is 23.8 Å². The average Bonchev–Trinajstić information content (AvgIpc) is 3.17. The summed E-state index contributed by atoms with van der Waals surface area (Å²) in [5.41, 5.74) is 2.15. The summed E-state index contributed by atoms with van der Waals surface area (Å²) in [4.78, 5) is 17.6. The molecule has 38 heavy (non-hydrogen) atoms. The normalized spacial score (nSPS) is 36.8. The Labute approximate surface area is 225 Å². The van der Waals surface area contributed by atoms with Crippen LogP contribution in [-0.2, 0) is 16.1 Å². The standard InChI is InChI=1S/C31H40N2O5/c1-4-31(37)15-11-25-23-7-6-21-18-22(9-13-29(21,2)24(23)10-14-30(25,31)3)33-38-19-28(36)32-16-12-20-5-8-26(34)27(35)17-20/h1,5,8,17-18,23-25,34-35,37H,6-7,9-16,19H2,2-3H3,(H,32,36)/t23-,24+,25+,29+,30+,31-/m1/s1. The number of fused-ring (bicyclic) bond motifs is 5. The van der Waals surface area contributed by atoms with Crippen molar-refractivity contribution in [2.24, 2.45) is 33.7 Å². The Hall–Kier alpha value is -2.98. The number of aromatic hydroxyl groups is 2. The molecule has 3 fully saturated rings. The van der Waals surface area contributed by atoms with Crippen molar-refractivity contribution in [2.45, 2.75) is 77.2 Å². The number of terminal acetylenes is 1. The molecular weight excluding hydrogens is 480 g/mol. The van der Waals surface area contributed by atoms with E-state index in [4.69, 9.17) is 11.3 Å². The molecule has 0 spiro atoms. The van der Waals surface area contributed by atoms with Crippen LogP contribution in [0, 0.1) is 40.9 Å². The summed E-state index contributed by atoms with van der Waals surface area (Å²) in [5.74, 6) is 3.87. The number of phenols is 2. The highest BCUT2D eigenvalue weighted by Gasteiger charge is 2.63. The van der Waals surface area contributed by atoms with Gasteiger partial charge in [-0.3, -0.25) is 4.79 Å². The maximum Gasteiger partial charge on any atom is 0.260 e. The minimum atomic E-state index is -0.968. The summed E-state index contributed by atoms with van der Waals surface area (Å²) < 4.78 is 0. The SMILES string of the molecule is C#C[C@@]1(O)CC[C@H]2[C@@H]3CCC4=CC(=NOCC(=O)NCCc5ccc(O)c(O)c5)CC[C@]4(C)[C@H]3CC[C@@]21C. The van der Waals surface area contributed by atoms with Crippen molar-refractivity contribution in [3.05, 3.63) is 35.4 Å². The van der Waals surface area contributed by atoms with Crippen LogP contribution in [0.2, 0.25) is 0 Å². The van der Waals surface area contributed by atoms with Crippen LogP contribution in [0.15, 0.2) is 35.0 Å². The van der Waals surface area contributed by atoms with Crippen LogP contribution in [0.5, 0.6) is 11.5 Å². The summed E-state index contributed by atoms with van der Waals surface area (Å²) in [6.45, 7) is 4.89. The molecule has 0 unspecified atom stereocenters. The largest absolute Gasteiger partial charge is 0.504 e. The number of nitrogens with zero attached hydrogens (tertiary/aromatic N) is 1. The third kappa shape index (κ3) is 4.47. The van der Waals surface area contributed by atoms with E-state index >= 15 is 0 Å². The first kappa shape index (κ1) is 26.6. The van der Waals surface area contributed by atoms with Gasteiger partial charge in [0.1, 0.15) is 5.60 Å². The molecule has 4 aliphatic carbocycles. The Balaban J connectivity index is 1.15. The molecule has 1 aromatic rings. The van der Waals surface area contributed by atoms with Gasteiger partial charge in [0.15, 0.2) is 18.1 Å². The van der Waals surface area contributed by atoms with E-state index in [2.05, 4.69) is 36.3 Å². The zero-order valence-corrected chi connectivity index (χ0v) is 22.5. The molecule has 4 N–H and O–H groups in total. The van der Waals surface area contributed by atoms with Crippen LogP contribution in [-0.4, -0.2) is 45.7 Å². The van der Waals surface area contributed by atoms with Crippen molar-refractivity contribution in [2.75, 3.05) is 13.2 Å². The monoisotopic (exact) mass is 520 g/mol. The fourth-order valence-corrected chi connectivity index (χ4v) is 8.19. The van der Waals surface area contributed by atoms with E-state index in [0.29, 0.717) is 30.7 Å². The molecule has 0 heterocycles. The third-order valence-corrected chi connectivity index (χ3v) is 10.5. The van der Waals surface area contributed by atoms with Crippen LogP contribution in [0.3, 0.4) is 0 Å². The quantitative estimate of drug-likeness (QED) is 0.252. The van der Waals surface area contributed by atoms with Gasteiger partial charge in [-0.25, -0.2) is 0 Å². The van der Waals surface area contributed by atoms with Gasteiger partial charge in [-0.2, -0.15) is 0 Å². The molecule has 0 aliphatic heterocycles. The van der Waals surface area contributed by atoms with Crippen molar-refractivity contribution in [1.29, 1.82) is 0 Å². The number of phenolic OH excluding ortho intramolecular Hbond substituents is 2. The summed E-state index contributed by atoms with van der Waals surface area (Å²) in [5, 5.41) is 37.2. The van der Waals surface area contributed by atoms with Gasteiger partial charge in [-0.1, -0.05) is 36.6 Å². The van der Waals surface area contributed by atoms with E-state index in [-0.39, 0.29) is 34.8 Å². The van der Waals surface area contributed by atoms with Crippen LogP contribution >= 0.6 is 0 Å². The average molecular weight is 521 g/mol. The Morgan fingerprint density at radius 3 is 2.68 bits per heavy atom. The lowest BCUT2D eigenvalue weighted by Gasteiger charge is -2.58. The highest BCUT2D eigenvalue weighted by atomic mass is 16.6. The molecule has 3 saturated carbocycles. The molecule has 6 atom stereocenters. The van der Waals surface area contributed by atoms with Gasteiger partial charge in [0.05, 0.1) is 5.71 Å². The van der Waals surface area contributed by atoms with Crippen molar-refractivity contribution < 1.29 is 25.0 Å². The van der Waals surface area contributed by atoms with Crippen LogP contribution < -0.4 is 5.32 Å². The van der Waals surface area contributed by atoms with Crippen LogP contribution in [0.4, 0.5) is 0 Å². The Morgan fingerprint density at radius 2 is 1.92 bits per heavy atom. The second kappa shape index (κ2) is 9.96. The highest BCUT2D eigenvalue weighted by Crippen LogP contribution is 2.67. The fraction of sp³-hybridized carbons (Fsp3) is 0.613. The molecular formula is C31H40N2O5. The zero-order chi connectivity index (χ0) is 27.1. The summed E-state index contributed by atoms with van der Waals surface area (Å²) in [6, 6.07) is 4.62. The molecule has 1 aromatic carbocycles. The Kier molecular flexibility index (Phi) is 6.98. The molecule has 0 saturated heterocycles. The lowest BCUT2D eigenvalue weighted by molar-refractivity contribution is -0.125. The van der Waals surface area contributed by atoms with Crippen molar-refractivity contribution in [3.63, 3.8) is 0 Å². The second-order valence-electron chi connectivity index (χ2n) is 12.3. The van der Waals surface area contributed by atoms with Gasteiger partial charge < -0.3 is 25.5 Å². The molecule has 0 radical (unpaired) electrons. The minimum Gasteiger partial charge on any atom is -0.504 e. The summed E-state index contributed by atoms with van der Waals surface area (Å²) in [7, 11) is 0. The molecule has 4 aliphatic rings. The maximum absolute atomic E-state index is 12.2. The maximum atomic E-state index is 12.2. The number of nitrogens with one attached hydrogen (secondary N) is 1. The van der Waals surface area contributed by atoms with E-state index < -0.39 is 5.60 Å². The topological polar surface area (TPSA) is 111 Å². The first-order valence-corrected chi connectivity index (χ1v) is 14.0. The number of aliphatic hydroxyl groups is 1. The summed E-state index contributed by atoms with van der Waals surface area (Å²) >= 11 is 0. The van der Waals surface area contributed by atoms with E-state index in [1.54, 1.807) is 6.07 Å². The number of oxime groups is 1. The van der Waals surface area contributed by atoms with Crippen molar-refractivity contribution in [1.82, 2.24) is 5.32 Å². The number of carbonyl (C=O) groups is 1. The minimum absolute atomic E-state index is 0.139. The molecule has 0 aromatic heterocycles. The molecule has 7 heteroatoms. The molecule has 7 nitrogen and oxygen atoms in total. The molecule has 5 rings (SSSR count). The van der Waals surface area contributed by atoms with E-state index in [1.807, 2.05) is 0 Å². The van der Waals surface area contributed by atoms with Gasteiger partial charge in [0.2, 0.25) is 0 Å². The predicted molar refractivity (Wildman–Crippen MR) is 145 cm³/mol. The highest BCUT2D eigenvalue weighted by molar-refractivity contribution is 5.96. The van der Waals surface area contributed by atoms with Gasteiger partial charge in [0.25, 0.3) is 5.91 Å². The first-order chi connectivity index (χ1) is 18.1. The molecule has 204 valence electrons. The Morgan fingerprint density at radius 1 is 1.13 bits per heavy atom. The lowest BCUT2D eigenvalue weighted by Crippen LogP contribution is -2.54. The second-order valence-corrected chi connectivity index (χ2v) is 12.3. The number of allylic oxidation sites excluding steroid dienone is 2. The van der Waals surface area contributed by atoms with Crippen LogP contribution in [0.25, 0.3) is 0 Å². The van der Waals surface area contributed by atoms with Gasteiger partial charge in [-0.15, -0.1) is 6.42 Å². The number of hydrogen-bond donors (Lipinski definition) is 4. The van der Waals surface area contributed by atoms with E-state index in [0.717, 1.165) is 62.6 Å². The number of hydrogen-bond acceptors (Lipinski definition) is 6. The fourth-order valence-electron chi connectivity index (χ4n) is 8.19. The first-order valence-electron chi connectivity index (χ1n) is 14.0. The van der Waals surface area contributed by atoms with Crippen molar-refractivity contribution >= 4 is 11.6 Å². The summed E-state index contributed by atoms with van der Waals surface area (Å²) in [6.07, 6.45) is 16.4. The molecule has 1 amide bonds. The predicted octanol–water partition coefficient (Wildman–Crippen LogP) is 4.46.